The maximum absolute atomic E-state index is 13.1. The normalized spacial score (nSPS) is 16.4. The molecule has 0 bridgehead atoms. The molecule has 3 aromatic rings. The first-order valence-corrected chi connectivity index (χ1v) is 11.3. The van der Waals surface area contributed by atoms with E-state index in [0.717, 1.165) is 16.0 Å². The average molecular weight is 405 g/mol. The van der Waals surface area contributed by atoms with Crippen molar-refractivity contribution in [2.75, 3.05) is 6.16 Å². The molecule has 0 saturated carbocycles. The summed E-state index contributed by atoms with van der Waals surface area (Å²) in [6.45, 7) is 1.59. The molecule has 3 aromatic carbocycles. The van der Waals surface area contributed by atoms with Crippen LogP contribution in [0.4, 0.5) is 0 Å². The van der Waals surface area contributed by atoms with Gasteiger partial charge in [-0.1, -0.05) is 73.7 Å². The summed E-state index contributed by atoms with van der Waals surface area (Å²) in [4.78, 5) is 37.5. The molecule has 2 atom stereocenters. The third-order valence-corrected chi connectivity index (χ3v) is 7.42. The van der Waals surface area contributed by atoms with Gasteiger partial charge in [-0.15, -0.1) is 0 Å². The molecule has 2 amide bonds. The van der Waals surface area contributed by atoms with Gasteiger partial charge < -0.3 is 4.89 Å². The second-order valence-corrected chi connectivity index (χ2v) is 9.59. The highest BCUT2D eigenvalue weighted by atomic mass is 31.2. The molecule has 1 N–H and O–H groups in total. The zero-order valence-corrected chi connectivity index (χ0v) is 16.8. The van der Waals surface area contributed by atoms with Crippen molar-refractivity contribution in [1.82, 2.24) is 4.90 Å². The van der Waals surface area contributed by atoms with Crippen LogP contribution < -0.4 is 0 Å². The Kier molecular flexibility index (Phi) is 4.95. The maximum atomic E-state index is 13.1. The minimum atomic E-state index is -3.86. The predicted octanol–water partition coefficient (Wildman–Crippen LogP) is 4.94. The van der Waals surface area contributed by atoms with Crippen molar-refractivity contribution >= 4 is 19.2 Å². The second kappa shape index (κ2) is 7.43. The number of imide groups is 1. The van der Waals surface area contributed by atoms with E-state index in [4.69, 9.17) is 0 Å². The molecule has 0 spiro atoms. The molecular weight excluding hydrogens is 385 g/mol. The van der Waals surface area contributed by atoms with Gasteiger partial charge >= 0.3 is 0 Å². The number of carbonyl (C=O) groups excluding carboxylic acids is 2. The minimum absolute atomic E-state index is 0.0501. The van der Waals surface area contributed by atoms with Crippen LogP contribution in [0.15, 0.2) is 78.9 Å². The standard InChI is InChI=1S/C23H20NO4P/c1-2-29(27,28)23(24-21(25)19-10-6-7-11-20(19)22(24)26)18-14-12-17(13-15-18)16-8-4-3-5-9-16/h3-15,23H,2H2,1H3,(H,27,28). The molecule has 6 heteroatoms. The van der Waals surface area contributed by atoms with E-state index in [1.165, 1.54) is 0 Å². The zero-order valence-electron chi connectivity index (χ0n) is 15.9. The molecule has 146 valence electrons. The molecule has 5 nitrogen and oxygen atoms in total. The van der Waals surface area contributed by atoms with Crippen molar-refractivity contribution in [2.45, 2.75) is 12.7 Å². The fraction of sp³-hybridized carbons (Fsp3) is 0.130. The molecule has 0 fully saturated rings. The highest BCUT2D eigenvalue weighted by Gasteiger charge is 2.47. The highest BCUT2D eigenvalue weighted by molar-refractivity contribution is 7.58. The van der Waals surface area contributed by atoms with Crippen LogP contribution in [0.2, 0.25) is 0 Å². The minimum Gasteiger partial charge on any atom is -0.343 e. The lowest BCUT2D eigenvalue weighted by molar-refractivity contribution is 0.0623. The van der Waals surface area contributed by atoms with Gasteiger partial charge in [-0.05, 0) is 28.8 Å². The van der Waals surface area contributed by atoms with E-state index in [0.29, 0.717) is 5.56 Å². The van der Waals surface area contributed by atoms with Crippen LogP contribution in [0.3, 0.4) is 0 Å². The molecular formula is C23H20NO4P. The molecule has 0 radical (unpaired) electrons. The molecule has 1 aliphatic heterocycles. The largest absolute Gasteiger partial charge is 0.343 e. The number of amides is 2. The van der Waals surface area contributed by atoms with Crippen molar-refractivity contribution in [3.8, 4) is 11.1 Å². The van der Waals surface area contributed by atoms with Crippen LogP contribution >= 0.6 is 7.37 Å². The van der Waals surface area contributed by atoms with Gasteiger partial charge in [-0.25, -0.2) is 0 Å². The van der Waals surface area contributed by atoms with Gasteiger partial charge in [0.25, 0.3) is 11.8 Å². The highest BCUT2D eigenvalue weighted by Crippen LogP contribution is 2.58. The second-order valence-electron chi connectivity index (χ2n) is 6.96. The molecule has 29 heavy (non-hydrogen) atoms. The van der Waals surface area contributed by atoms with Crippen LogP contribution in [0.5, 0.6) is 0 Å². The van der Waals surface area contributed by atoms with Crippen molar-refractivity contribution in [2.24, 2.45) is 0 Å². The van der Waals surface area contributed by atoms with Crippen LogP contribution in [-0.4, -0.2) is 27.8 Å². The summed E-state index contributed by atoms with van der Waals surface area (Å²) in [5, 5.41) is 0. The molecule has 0 aromatic heterocycles. The summed E-state index contributed by atoms with van der Waals surface area (Å²) >= 11 is 0. The lowest BCUT2D eigenvalue weighted by Gasteiger charge is -2.30. The van der Waals surface area contributed by atoms with Crippen molar-refractivity contribution < 1.29 is 19.0 Å². The fourth-order valence-electron chi connectivity index (χ4n) is 3.64. The van der Waals surface area contributed by atoms with E-state index in [1.54, 1.807) is 43.3 Å². The van der Waals surface area contributed by atoms with Crippen LogP contribution in [-0.2, 0) is 4.57 Å². The zero-order chi connectivity index (χ0) is 20.6. The number of carbonyl (C=O) groups is 2. The smallest absolute Gasteiger partial charge is 0.262 e. The lowest BCUT2D eigenvalue weighted by Crippen LogP contribution is -2.34. The van der Waals surface area contributed by atoms with E-state index < -0.39 is 25.0 Å². The molecule has 4 rings (SSSR count). The van der Waals surface area contributed by atoms with Crippen LogP contribution in [0, 0.1) is 0 Å². The number of fused-ring (bicyclic) bond motifs is 1. The Labute approximate surface area is 169 Å². The first-order valence-electron chi connectivity index (χ1n) is 9.38. The van der Waals surface area contributed by atoms with E-state index in [2.05, 4.69) is 0 Å². The molecule has 0 aliphatic carbocycles. The number of hydrogen-bond acceptors (Lipinski definition) is 3. The summed E-state index contributed by atoms with van der Waals surface area (Å²) in [6.07, 6.45) is -0.0501. The third kappa shape index (κ3) is 3.33. The number of rotatable bonds is 5. The number of nitrogens with zero attached hydrogens (tertiary/aromatic N) is 1. The van der Waals surface area contributed by atoms with E-state index in [-0.39, 0.29) is 17.3 Å². The van der Waals surface area contributed by atoms with E-state index in [1.807, 2.05) is 42.5 Å². The Morgan fingerprint density at radius 3 is 1.79 bits per heavy atom. The first kappa shape index (κ1) is 19.3. The van der Waals surface area contributed by atoms with Crippen molar-refractivity contribution in [3.63, 3.8) is 0 Å². The monoisotopic (exact) mass is 405 g/mol. The molecule has 1 aliphatic rings. The van der Waals surface area contributed by atoms with Gasteiger partial charge in [-0.3, -0.25) is 19.1 Å². The van der Waals surface area contributed by atoms with Gasteiger partial charge in [-0.2, -0.15) is 0 Å². The predicted molar refractivity (Wildman–Crippen MR) is 112 cm³/mol. The van der Waals surface area contributed by atoms with Crippen molar-refractivity contribution in [1.29, 1.82) is 0 Å². The van der Waals surface area contributed by atoms with Gasteiger partial charge in [0.05, 0.1) is 11.1 Å². The summed E-state index contributed by atoms with van der Waals surface area (Å²) in [5.74, 6) is -2.29. The number of benzene rings is 3. The SMILES string of the molecule is CCP(=O)(O)C(c1ccc(-c2ccccc2)cc1)N1C(=O)c2ccccc2C1=O. The Hall–Kier alpha value is -3.01. The Morgan fingerprint density at radius 1 is 0.793 bits per heavy atom. The summed E-state index contributed by atoms with van der Waals surface area (Å²) in [6, 6.07) is 23.3. The van der Waals surface area contributed by atoms with Crippen LogP contribution in [0.1, 0.15) is 39.0 Å². The third-order valence-electron chi connectivity index (χ3n) is 5.22. The summed E-state index contributed by atoms with van der Waals surface area (Å²) in [7, 11) is -3.86. The summed E-state index contributed by atoms with van der Waals surface area (Å²) < 4.78 is 13.1. The van der Waals surface area contributed by atoms with Gasteiger partial charge in [0.2, 0.25) is 7.37 Å². The molecule has 1 heterocycles. The molecule has 0 saturated heterocycles. The quantitative estimate of drug-likeness (QED) is 0.482. The summed E-state index contributed by atoms with van der Waals surface area (Å²) in [5.41, 5.74) is 2.95. The van der Waals surface area contributed by atoms with Gasteiger partial charge in [0.1, 0.15) is 5.78 Å². The Balaban J connectivity index is 1.78. The Morgan fingerprint density at radius 2 is 1.28 bits per heavy atom. The molecule has 2 unspecified atom stereocenters. The van der Waals surface area contributed by atoms with Crippen LogP contribution in [0.25, 0.3) is 11.1 Å². The first-order chi connectivity index (χ1) is 13.9. The maximum Gasteiger partial charge on any atom is 0.262 e. The van der Waals surface area contributed by atoms with E-state index in [9.17, 15) is 19.0 Å². The topological polar surface area (TPSA) is 74.7 Å². The van der Waals surface area contributed by atoms with E-state index >= 15 is 0 Å². The van der Waals surface area contributed by atoms with Gasteiger partial charge in [0.15, 0.2) is 0 Å². The average Bonchev–Trinajstić information content (AvgIpc) is 3.00. The Bertz CT molecular complexity index is 1090. The number of hydrogen-bond donors (Lipinski definition) is 1. The van der Waals surface area contributed by atoms with Crippen molar-refractivity contribution in [3.05, 3.63) is 95.6 Å². The fourth-order valence-corrected chi connectivity index (χ4v) is 5.20. The van der Waals surface area contributed by atoms with Gasteiger partial charge in [0, 0.05) is 6.16 Å². The lowest BCUT2D eigenvalue weighted by atomic mass is 10.0.